The summed E-state index contributed by atoms with van der Waals surface area (Å²) in [6.07, 6.45) is 0.122. The molecule has 1 rings (SSSR count). The van der Waals surface area contributed by atoms with Crippen LogP contribution in [0, 0.1) is 5.92 Å². The Bertz CT molecular complexity index is 277. The van der Waals surface area contributed by atoms with Crippen molar-refractivity contribution in [1.29, 1.82) is 0 Å². The Morgan fingerprint density at radius 3 is 2.53 bits per heavy atom. The Morgan fingerprint density at radius 1 is 1.47 bits per heavy atom. The van der Waals surface area contributed by atoms with E-state index in [1.807, 2.05) is 32.6 Å². The van der Waals surface area contributed by atoms with Gasteiger partial charge in [0.15, 0.2) is 0 Å². The van der Waals surface area contributed by atoms with E-state index in [0.29, 0.717) is 19.1 Å². The highest BCUT2D eigenvalue weighted by Crippen LogP contribution is 2.21. The molecule has 1 fully saturated rings. The van der Waals surface area contributed by atoms with Gasteiger partial charge in [0.2, 0.25) is 5.91 Å². The lowest BCUT2D eigenvalue weighted by Crippen LogP contribution is -2.48. The third kappa shape index (κ3) is 3.42. The van der Waals surface area contributed by atoms with Crippen LogP contribution >= 0.6 is 0 Å². The van der Waals surface area contributed by atoms with Crippen LogP contribution in [0.5, 0.6) is 0 Å². The van der Waals surface area contributed by atoms with Crippen LogP contribution < -0.4 is 5.32 Å². The monoisotopic (exact) mass is 242 g/mol. The molecule has 0 saturated carbocycles. The molecule has 1 aliphatic heterocycles. The zero-order valence-electron chi connectivity index (χ0n) is 11.9. The van der Waals surface area contributed by atoms with Gasteiger partial charge in [0.1, 0.15) is 0 Å². The van der Waals surface area contributed by atoms with Crippen LogP contribution in [-0.4, -0.2) is 41.8 Å². The molecule has 0 aliphatic carbocycles. The molecule has 1 saturated heterocycles. The largest absolute Gasteiger partial charge is 0.374 e. The van der Waals surface area contributed by atoms with Gasteiger partial charge in [-0.25, -0.2) is 0 Å². The number of carbonyl (C=O) groups excluding carboxylic acids is 1. The highest BCUT2D eigenvalue weighted by Gasteiger charge is 2.40. The maximum absolute atomic E-state index is 12.1. The van der Waals surface area contributed by atoms with E-state index in [2.05, 4.69) is 19.2 Å². The molecule has 0 radical (unpaired) electrons. The van der Waals surface area contributed by atoms with Gasteiger partial charge in [-0.1, -0.05) is 13.8 Å². The molecule has 2 unspecified atom stereocenters. The van der Waals surface area contributed by atoms with E-state index in [0.717, 1.165) is 0 Å². The van der Waals surface area contributed by atoms with Crippen LogP contribution in [0.15, 0.2) is 0 Å². The van der Waals surface area contributed by atoms with Gasteiger partial charge in [0.25, 0.3) is 0 Å². The highest BCUT2D eigenvalue weighted by atomic mass is 16.5. The van der Waals surface area contributed by atoms with Crippen molar-refractivity contribution in [3.05, 3.63) is 0 Å². The summed E-state index contributed by atoms with van der Waals surface area (Å²) < 4.78 is 5.68. The molecule has 0 aromatic rings. The SMILES string of the molecule is CCOC(C)(C)CN1C(=O)C(C)NC1C(C)C. The molecule has 100 valence electrons. The number of hydrogen-bond donors (Lipinski definition) is 1. The third-order valence-corrected chi connectivity index (χ3v) is 3.13. The van der Waals surface area contributed by atoms with Gasteiger partial charge in [-0.05, 0) is 33.6 Å². The number of hydrogen-bond acceptors (Lipinski definition) is 3. The van der Waals surface area contributed by atoms with Gasteiger partial charge in [-0.15, -0.1) is 0 Å². The maximum Gasteiger partial charge on any atom is 0.240 e. The zero-order chi connectivity index (χ0) is 13.2. The van der Waals surface area contributed by atoms with Gasteiger partial charge in [-0.2, -0.15) is 0 Å². The number of amides is 1. The van der Waals surface area contributed by atoms with E-state index < -0.39 is 0 Å². The lowest BCUT2D eigenvalue weighted by molar-refractivity contribution is -0.135. The van der Waals surface area contributed by atoms with Crippen molar-refractivity contribution in [3.63, 3.8) is 0 Å². The van der Waals surface area contributed by atoms with Crippen LogP contribution in [0.25, 0.3) is 0 Å². The van der Waals surface area contributed by atoms with Crippen LogP contribution in [0.2, 0.25) is 0 Å². The Morgan fingerprint density at radius 2 is 2.06 bits per heavy atom. The molecule has 0 aromatic heterocycles. The standard InChI is InChI=1S/C13H26N2O2/c1-7-17-13(5,6)8-15-11(9(2)3)14-10(4)12(15)16/h9-11,14H,7-8H2,1-6H3. The lowest BCUT2D eigenvalue weighted by atomic mass is 10.1. The van der Waals surface area contributed by atoms with Crippen LogP contribution in [-0.2, 0) is 9.53 Å². The van der Waals surface area contributed by atoms with E-state index in [4.69, 9.17) is 4.74 Å². The molecule has 2 atom stereocenters. The average molecular weight is 242 g/mol. The summed E-state index contributed by atoms with van der Waals surface area (Å²) in [6.45, 7) is 13.5. The fraction of sp³-hybridized carbons (Fsp3) is 0.923. The van der Waals surface area contributed by atoms with Crippen molar-refractivity contribution >= 4 is 5.91 Å². The van der Waals surface area contributed by atoms with E-state index in [-0.39, 0.29) is 23.7 Å². The predicted octanol–water partition coefficient (Wildman–Crippen LogP) is 1.60. The first-order valence-corrected chi connectivity index (χ1v) is 6.49. The number of rotatable bonds is 5. The minimum absolute atomic E-state index is 0.0835. The molecule has 1 N–H and O–H groups in total. The van der Waals surface area contributed by atoms with Crippen molar-refractivity contribution in [2.24, 2.45) is 5.92 Å². The Balaban J connectivity index is 2.75. The van der Waals surface area contributed by atoms with Crippen molar-refractivity contribution < 1.29 is 9.53 Å². The fourth-order valence-electron chi connectivity index (χ4n) is 2.38. The third-order valence-electron chi connectivity index (χ3n) is 3.13. The lowest BCUT2D eigenvalue weighted by Gasteiger charge is -2.34. The molecule has 1 aliphatic rings. The summed E-state index contributed by atoms with van der Waals surface area (Å²) in [5.74, 6) is 0.581. The number of ether oxygens (including phenoxy) is 1. The Kier molecular flexibility index (Phi) is 4.55. The fourth-order valence-corrected chi connectivity index (χ4v) is 2.38. The second-order valence-electron chi connectivity index (χ2n) is 5.74. The van der Waals surface area contributed by atoms with Crippen LogP contribution in [0.1, 0.15) is 41.5 Å². The molecule has 1 amide bonds. The van der Waals surface area contributed by atoms with Gasteiger partial charge in [-0.3, -0.25) is 10.1 Å². The van der Waals surface area contributed by atoms with Crippen LogP contribution in [0.3, 0.4) is 0 Å². The van der Waals surface area contributed by atoms with E-state index >= 15 is 0 Å². The normalized spacial score (nSPS) is 26.1. The van der Waals surface area contributed by atoms with Crippen molar-refractivity contribution in [1.82, 2.24) is 10.2 Å². The van der Waals surface area contributed by atoms with Crippen molar-refractivity contribution in [2.45, 2.75) is 59.4 Å². The zero-order valence-corrected chi connectivity index (χ0v) is 11.9. The number of nitrogens with zero attached hydrogens (tertiary/aromatic N) is 1. The molecule has 17 heavy (non-hydrogen) atoms. The molecule has 0 aromatic carbocycles. The first-order valence-electron chi connectivity index (χ1n) is 6.49. The quantitative estimate of drug-likeness (QED) is 0.796. The smallest absolute Gasteiger partial charge is 0.240 e. The average Bonchev–Trinajstić information content (AvgIpc) is 2.45. The predicted molar refractivity (Wildman–Crippen MR) is 68.6 cm³/mol. The number of nitrogens with one attached hydrogen (secondary N) is 1. The Labute approximate surface area is 105 Å². The van der Waals surface area contributed by atoms with E-state index in [1.165, 1.54) is 0 Å². The molecule has 4 heteroatoms. The summed E-state index contributed by atoms with van der Waals surface area (Å²) in [5.41, 5.74) is -0.288. The second kappa shape index (κ2) is 5.36. The minimum Gasteiger partial charge on any atom is -0.374 e. The molecule has 0 bridgehead atoms. The van der Waals surface area contributed by atoms with E-state index in [9.17, 15) is 4.79 Å². The second-order valence-corrected chi connectivity index (χ2v) is 5.74. The summed E-state index contributed by atoms with van der Waals surface area (Å²) in [7, 11) is 0. The summed E-state index contributed by atoms with van der Waals surface area (Å²) in [6, 6.07) is -0.0835. The summed E-state index contributed by atoms with van der Waals surface area (Å²) in [4.78, 5) is 14.0. The van der Waals surface area contributed by atoms with Gasteiger partial charge < -0.3 is 9.64 Å². The topological polar surface area (TPSA) is 41.6 Å². The minimum atomic E-state index is -0.288. The summed E-state index contributed by atoms with van der Waals surface area (Å²) >= 11 is 0. The van der Waals surface area contributed by atoms with Gasteiger partial charge in [0, 0.05) is 6.61 Å². The summed E-state index contributed by atoms with van der Waals surface area (Å²) in [5, 5.41) is 3.34. The Hall–Kier alpha value is -0.610. The van der Waals surface area contributed by atoms with E-state index in [1.54, 1.807) is 0 Å². The van der Waals surface area contributed by atoms with Gasteiger partial charge in [0.05, 0.1) is 24.4 Å². The molecule has 4 nitrogen and oxygen atoms in total. The highest BCUT2D eigenvalue weighted by molar-refractivity contribution is 5.84. The van der Waals surface area contributed by atoms with Gasteiger partial charge >= 0.3 is 0 Å². The first kappa shape index (κ1) is 14.5. The molecule has 1 heterocycles. The first-order chi connectivity index (χ1) is 7.78. The van der Waals surface area contributed by atoms with Crippen molar-refractivity contribution in [3.8, 4) is 0 Å². The molecular formula is C13H26N2O2. The van der Waals surface area contributed by atoms with Crippen LogP contribution in [0.4, 0.5) is 0 Å². The van der Waals surface area contributed by atoms with Crippen molar-refractivity contribution in [2.75, 3.05) is 13.2 Å². The molecule has 0 spiro atoms. The maximum atomic E-state index is 12.1. The molecular weight excluding hydrogens is 216 g/mol. The number of carbonyl (C=O) groups is 1.